The van der Waals surface area contributed by atoms with Crippen LogP contribution >= 0.6 is 0 Å². The lowest BCUT2D eigenvalue weighted by Crippen LogP contribution is -2.29. The second kappa shape index (κ2) is 8.62. The lowest BCUT2D eigenvalue weighted by molar-refractivity contribution is 0.0582. The van der Waals surface area contributed by atoms with E-state index in [2.05, 4.69) is 22.5 Å². The smallest absolute Gasteiger partial charge is 0.255 e. The van der Waals surface area contributed by atoms with Gasteiger partial charge < -0.3 is 15.4 Å². The van der Waals surface area contributed by atoms with Crippen molar-refractivity contribution in [3.8, 4) is 0 Å². The molecule has 5 heteroatoms. The molecular weight excluding hydrogens is 266 g/mol. The van der Waals surface area contributed by atoms with Crippen LogP contribution in [0.1, 0.15) is 49.4 Å². The molecule has 0 radical (unpaired) electrons. The zero-order valence-corrected chi connectivity index (χ0v) is 12.7. The fourth-order valence-corrected chi connectivity index (χ4v) is 2.53. The number of nitrogens with zero attached hydrogens (tertiary/aromatic N) is 1. The molecule has 1 aromatic heterocycles. The zero-order valence-electron chi connectivity index (χ0n) is 12.7. The summed E-state index contributed by atoms with van der Waals surface area (Å²) >= 11 is 0. The molecule has 0 atom stereocenters. The van der Waals surface area contributed by atoms with E-state index < -0.39 is 0 Å². The average molecular weight is 291 g/mol. The van der Waals surface area contributed by atoms with Crippen LogP contribution in [-0.4, -0.2) is 36.7 Å². The van der Waals surface area contributed by atoms with E-state index in [0.717, 1.165) is 31.5 Å². The molecular formula is C16H25N3O2. The summed E-state index contributed by atoms with van der Waals surface area (Å²) in [5.41, 5.74) is 1.42. The van der Waals surface area contributed by atoms with Crippen LogP contribution in [0.3, 0.4) is 0 Å². The molecule has 1 fully saturated rings. The first kappa shape index (κ1) is 15.8. The van der Waals surface area contributed by atoms with E-state index in [-0.39, 0.29) is 5.91 Å². The molecule has 0 unspecified atom stereocenters. The molecule has 2 N–H and O–H groups in total. The summed E-state index contributed by atoms with van der Waals surface area (Å²) in [4.78, 5) is 16.2. The van der Waals surface area contributed by atoms with E-state index in [1.165, 1.54) is 12.8 Å². The Labute approximate surface area is 126 Å². The number of carbonyl (C=O) groups is 1. The predicted octanol–water partition coefficient (Wildman–Crippen LogP) is 2.59. The Hall–Kier alpha value is -1.62. The van der Waals surface area contributed by atoms with E-state index >= 15 is 0 Å². The van der Waals surface area contributed by atoms with Gasteiger partial charge in [0.1, 0.15) is 0 Å². The van der Waals surface area contributed by atoms with Crippen molar-refractivity contribution in [1.82, 2.24) is 10.3 Å². The van der Waals surface area contributed by atoms with Crippen molar-refractivity contribution in [2.45, 2.75) is 45.1 Å². The van der Waals surface area contributed by atoms with E-state index in [1.54, 1.807) is 12.4 Å². The molecule has 0 saturated heterocycles. The highest BCUT2D eigenvalue weighted by atomic mass is 16.5. The number of rotatable bonds is 8. The van der Waals surface area contributed by atoms with Gasteiger partial charge in [-0.25, -0.2) is 0 Å². The van der Waals surface area contributed by atoms with Crippen LogP contribution in [0.5, 0.6) is 0 Å². The first-order valence-electron chi connectivity index (χ1n) is 7.89. The topological polar surface area (TPSA) is 63.2 Å². The fraction of sp³-hybridized carbons (Fsp3) is 0.625. The lowest BCUT2D eigenvalue weighted by Gasteiger charge is -2.13. The molecule has 21 heavy (non-hydrogen) atoms. The molecule has 1 aliphatic carbocycles. The van der Waals surface area contributed by atoms with Gasteiger partial charge in [0.15, 0.2) is 0 Å². The number of hydrogen-bond acceptors (Lipinski definition) is 4. The van der Waals surface area contributed by atoms with E-state index in [9.17, 15) is 4.79 Å². The number of pyridine rings is 1. The molecule has 1 heterocycles. The van der Waals surface area contributed by atoms with Gasteiger partial charge >= 0.3 is 0 Å². The molecule has 2 rings (SSSR count). The normalized spacial score (nSPS) is 15.1. The van der Waals surface area contributed by atoms with Gasteiger partial charge in [-0.05, 0) is 25.3 Å². The van der Waals surface area contributed by atoms with E-state index in [0.29, 0.717) is 24.8 Å². The Morgan fingerprint density at radius 3 is 2.95 bits per heavy atom. The monoisotopic (exact) mass is 291 g/mol. The van der Waals surface area contributed by atoms with Gasteiger partial charge in [-0.15, -0.1) is 0 Å². The van der Waals surface area contributed by atoms with E-state index in [4.69, 9.17) is 4.74 Å². The van der Waals surface area contributed by atoms with Gasteiger partial charge in [0, 0.05) is 25.5 Å². The van der Waals surface area contributed by atoms with Crippen LogP contribution < -0.4 is 10.6 Å². The number of nitrogens with one attached hydrogen (secondary N) is 2. The van der Waals surface area contributed by atoms with Crippen molar-refractivity contribution in [2.24, 2.45) is 0 Å². The summed E-state index contributed by atoms with van der Waals surface area (Å²) < 4.78 is 5.74. The molecule has 0 aromatic carbocycles. The van der Waals surface area contributed by atoms with Gasteiger partial charge in [-0.2, -0.15) is 0 Å². The Balaban J connectivity index is 1.76. The second-order valence-corrected chi connectivity index (χ2v) is 5.38. The molecule has 1 saturated carbocycles. The third-order valence-corrected chi connectivity index (χ3v) is 3.67. The third-order valence-electron chi connectivity index (χ3n) is 3.67. The maximum absolute atomic E-state index is 12.2. The van der Waals surface area contributed by atoms with Gasteiger partial charge in [0.05, 0.1) is 24.0 Å². The predicted molar refractivity (Wildman–Crippen MR) is 83.6 cm³/mol. The summed E-state index contributed by atoms with van der Waals surface area (Å²) in [6.45, 7) is 4.05. The fourth-order valence-electron chi connectivity index (χ4n) is 2.53. The number of hydrogen-bond donors (Lipinski definition) is 2. The molecule has 1 aliphatic rings. The molecule has 5 nitrogen and oxygen atoms in total. The van der Waals surface area contributed by atoms with Crippen LogP contribution in [0.25, 0.3) is 0 Å². The number of carbonyl (C=O) groups excluding carboxylic acids is 1. The summed E-state index contributed by atoms with van der Waals surface area (Å²) in [7, 11) is 0. The average Bonchev–Trinajstić information content (AvgIpc) is 3.03. The molecule has 0 spiro atoms. The number of anilines is 1. The molecule has 0 aliphatic heterocycles. The first-order valence-corrected chi connectivity index (χ1v) is 7.89. The summed E-state index contributed by atoms with van der Waals surface area (Å²) in [6, 6.07) is 1.83. The van der Waals surface area contributed by atoms with Gasteiger partial charge in [-0.1, -0.05) is 19.8 Å². The molecule has 116 valence electrons. The molecule has 0 bridgehead atoms. The quantitative estimate of drug-likeness (QED) is 0.723. The van der Waals surface area contributed by atoms with Crippen molar-refractivity contribution in [3.63, 3.8) is 0 Å². The highest BCUT2D eigenvalue weighted by Gasteiger charge is 2.15. The SMILES string of the molecule is CCCNc1ccncc1C(=O)NCCOC1CCCC1. The summed E-state index contributed by atoms with van der Waals surface area (Å²) in [6.07, 6.45) is 9.53. The summed E-state index contributed by atoms with van der Waals surface area (Å²) in [5.74, 6) is -0.100. The van der Waals surface area contributed by atoms with Crippen LogP contribution in [0.15, 0.2) is 18.5 Å². The summed E-state index contributed by atoms with van der Waals surface area (Å²) in [5, 5.41) is 6.14. The Kier molecular flexibility index (Phi) is 6.47. The number of aromatic nitrogens is 1. The largest absolute Gasteiger partial charge is 0.384 e. The van der Waals surface area contributed by atoms with Crippen molar-refractivity contribution < 1.29 is 9.53 Å². The Morgan fingerprint density at radius 1 is 1.38 bits per heavy atom. The van der Waals surface area contributed by atoms with Gasteiger partial charge in [0.2, 0.25) is 0 Å². The second-order valence-electron chi connectivity index (χ2n) is 5.38. The lowest BCUT2D eigenvalue weighted by atomic mass is 10.2. The van der Waals surface area contributed by atoms with Gasteiger partial charge in [0.25, 0.3) is 5.91 Å². The van der Waals surface area contributed by atoms with Crippen LogP contribution in [-0.2, 0) is 4.74 Å². The number of ether oxygens (including phenoxy) is 1. The molecule has 1 aromatic rings. The van der Waals surface area contributed by atoms with Crippen molar-refractivity contribution in [3.05, 3.63) is 24.0 Å². The van der Waals surface area contributed by atoms with E-state index in [1.807, 2.05) is 6.07 Å². The van der Waals surface area contributed by atoms with Crippen molar-refractivity contribution in [2.75, 3.05) is 25.0 Å². The maximum Gasteiger partial charge on any atom is 0.255 e. The zero-order chi connectivity index (χ0) is 14.9. The highest BCUT2D eigenvalue weighted by Crippen LogP contribution is 2.20. The van der Waals surface area contributed by atoms with Crippen molar-refractivity contribution in [1.29, 1.82) is 0 Å². The Morgan fingerprint density at radius 2 is 2.19 bits per heavy atom. The third kappa shape index (κ3) is 5.01. The molecule has 1 amide bonds. The van der Waals surface area contributed by atoms with Crippen molar-refractivity contribution >= 4 is 11.6 Å². The first-order chi connectivity index (χ1) is 10.3. The van der Waals surface area contributed by atoms with Crippen LogP contribution in [0, 0.1) is 0 Å². The van der Waals surface area contributed by atoms with Crippen LogP contribution in [0.2, 0.25) is 0 Å². The van der Waals surface area contributed by atoms with Gasteiger partial charge in [-0.3, -0.25) is 9.78 Å². The maximum atomic E-state index is 12.2. The standard InChI is InChI=1S/C16H25N3O2/c1-2-8-18-15-7-9-17-12-14(15)16(20)19-10-11-21-13-5-3-4-6-13/h7,9,12-13H,2-6,8,10-11H2,1H3,(H,17,18)(H,19,20). The number of amides is 1. The minimum absolute atomic E-state index is 0.100. The minimum Gasteiger partial charge on any atom is -0.384 e. The Bertz CT molecular complexity index is 445. The highest BCUT2D eigenvalue weighted by molar-refractivity contribution is 5.99. The van der Waals surface area contributed by atoms with Crippen LogP contribution in [0.4, 0.5) is 5.69 Å². The minimum atomic E-state index is -0.100.